The molecule has 1 atom stereocenters. The SMILES string of the molecule is Cc1cccc(C(C)(O)Cc2ccoc2)c1. The first-order valence-corrected chi connectivity index (χ1v) is 5.38. The molecule has 1 aromatic heterocycles. The van der Waals surface area contributed by atoms with E-state index >= 15 is 0 Å². The molecule has 0 aliphatic heterocycles. The van der Waals surface area contributed by atoms with Crippen molar-refractivity contribution in [2.45, 2.75) is 25.9 Å². The number of aryl methyl sites for hydroxylation is 1. The van der Waals surface area contributed by atoms with Crippen molar-refractivity contribution in [2.24, 2.45) is 0 Å². The molecule has 16 heavy (non-hydrogen) atoms. The van der Waals surface area contributed by atoms with Crippen LogP contribution in [0, 0.1) is 6.92 Å². The second-order valence-electron chi connectivity index (χ2n) is 4.45. The number of hydrogen-bond donors (Lipinski definition) is 1. The summed E-state index contributed by atoms with van der Waals surface area (Å²) in [5, 5.41) is 10.4. The largest absolute Gasteiger partial charge is 0.472 e. The van der Waals surface area contributed by atoms with E-state index in [9.17, 15) is 5.11 Å². The van der Waals surface area contributed by atoms with Crippen molar-refractivity contribution in [3.63, 3.8) is 0 Å². The fraction of sp³-hybridized carbons (Fsp3) is 0.286. The number of hydrogen-bond acceptors (Lipinski definition) is 2. The number of rotatable bonds is 3. The van der Waals surface area contributed by atoms with Crippen LogP contribution in [0.3, 0.4) is 0 Å². The summed E-state index contributed by atoms with van der Waals surface area (Å²) in [6.45, 7) is 3.85. The van der Waals surface area contributed by atoms with Gasteiger partial charge in [-0.25, -0.2) is 0 Å². The highest BCUT2D eigenvalue weighted by Crippen LogP contribution is 2.25. The Bertz CT molecular complexity index is 455. The smallest absolute Gasteiger partial charge is 0.0935 e. The van der Waals surface area contributed by atoms with Crippen molar-refractivity contribution in [2.75, 3.05) is 0 Å². The van der Waals surface area contributed by atoms with Crippen LogP contribution in [0.1, 0.15) is 23.6 Å². The van der Waals surface area contributed by atoms with Crippen molar-refractivity contribution in [3.05, 3.63) is 59.5 Å². The Labute approximate surface area is 95.5 Å². The zero-order chi connectivity index (χ0) is 11.6. The summed E-state index contributed by atoms with van der Waals surface area (Å²) in [5.41, 5.74) is 2.25. The Kier molecular flexibility index (Phi) is 2.84. The van der Waals surface area contributed by atoms with Crippen molar-refractivity contribution in [1.82, 2.24) is 0 Å². The summed E-state index contributed by atoms with van der Waals surface area (Å²) >= 11 is 0. The fourth-order valence-corrected chi connectivity index (χ4v) is 1.87. The predicted octanol–water partition coefficient (Wildman–Crippen LogP) is 3.04. The molecule has 0 fully saturated rings. The second kappa shape index (κ2) is 4.14. The van der Waals surface area contributed by atoms with E-state index in [0.29, 0.717) is 6.42 Å². The van der Waals surface area contributed by atoms with E-state index in [1.54, 1.807) is 12.5 Å². The lowest BCUT2D eigenvalue weighted by molar-refractivity contribution is 0.0574. The van der Waals surface area contributed by atoms with Crippen molar-refractivity contribution < 1.29 is 9.52 Å². The molecule has 84 valence electrons. The van der Waals surface area contributed by atoms with Gasteiger partial charge in [-0.1, -0.05) is 29.8 Å². The summed E-state index contributed by atoms with van der Waals surface area (Å²) < 4.78 is 5.01. The van der Waals surface area contributed by atoms with Gasteiger partial charge in [0.05, 0.1) is 18.1 Å². The number of furan rings is 1. The Morgan fingerprint density at radius 2 is 2.12 bits per heavy atom. The van der Waals surface area contributed by atoms with E-state index < -0.39 is 5.60 Å². The van der Waals surface area contributed by atoms with E-state index in [-0.39, 0.29) is 0 Å². The average Bonchev–Trinajstić information content (AvgIpc) is 2.70. The summed E-state index contributed by atoms with van der Waals surface area (Å²) in [7, 11) is 0. The molecule has 2 heteroatoms. The molecule has 1 unspecified atom stereocenters. The topological polar surface area (TPSA) is 33.4 Å². The standard InChI is InChI=1S/C14H16O2/c1-11-4-3-5-13(8-11)14(2,15)9-12-6-7-16-10-12/h3-8,10,15H,9H2,1-2H3. The molecule has 1 heterocycles. The first-order chi connectivity index (χ1) is 7.58. The molecule has 1 aromatic carbocycles. The molecule has 0 amide bonds. The van der Waals surface area contributed by atoms with Crippen LogP contribution in [0.25, 0.3) is 0 Å². The van der Waals surface area contributed by atoms with Crippen molar-refractivity contribution >= 4 is 0 Å². The molecule has 0 aliphatic carbocycles. The average molecular weight is 216 g/mol. The van der Waals surface area contributed by atoms with Gasteiger partial charge >= 0.3 is 0 Å². The molecule has 2 rings (SSSR count). The van der Waals surface area contributed by atoms with Crippen LogP contribution in [-0.2, 0) is 12.0 Å². The Hall–Kier alpha value is -1.54. The molecular weight excluding hydrogens is 200 g/mol. The molecule has 2 aromatic rings. The molecule has 1 N–H and O–H groups in total. The zero-order valence-corrected chi connectivity index (χ0v) is 9.60. The summed E-state index contributed by atoms with van der Waals surface area (Å²) in [6, 6.07) is 9.84. The lowest BCUT2D eigenvalue weighted by atomic mass is 9.89. The summed E-state index contributed by atoms with van der Waals surface area (Å²) in [5.74, 6) is 0. The van der Waals surface area contributed by atoms with Gasteiger partial charge in [0.1, 0.15) is 0 Å². The molecular formula is C14H16O2. The summed E-state index contributed by atoms with van der Waals surface area (Å²) in [4.78, 5) is 0. The lowest BCUT2D eigenvalue weighted by Crippen LogP contribution is -2.24. The van der Waals surface area contributed by atoms with Gasteiger partial charge in [-0.3, -0.25) is 0 Å². The lowest BCUT2D eigenvalue weighted by Gasteiger charge is -2.23. The van der Waals surface area contributed by atoms with Crippen LogP contribution < -0.4 is 0 Å². The van der Waals surface area contributed by atoms with Gasteiger partial charge in [-0.05, 0) is 31.0 Å². The number of aliphatic hydroxyl groups is 1. The molecule has 0 bridgehead atoms. The highest BCUT2D eigenvalue weighted by Gasteiger charge is 2.23. The first-order valence-electron chi connectivity index (χ1n) is 5.38. The maximum Gasteiger partial charge on any atom is 0.0935 e. The summed E-state index contributed by atoms with van der Waals surface area (Å²) in [6.07, 6.45) is 3.86. The van der Waals surface area contributed by atoms with Crippen molar-refractivity contribution in [1.29, 1.82) is 0 Å². The minimum absolute atomic E-state index is 0.562. The third-order valence-electron chi connectivity index (χ3n) is 2.77. The molecule has 0 spiro atoms. The molecule has 0 saturated carbocycles. The van der Waals surface area contributed by atoms with E-state index in [2.05, 4.69) is 0 Å². The van der Waals surface area contributed by atoms with Gasteiger partial charge in [-0.15, -0.1) is 0 Å². The number of benzene rings is 1. The fourth-order valence-electron chi connectivity index (χ4n) is 1.87. The van der Waals surface area contributed by atoms with Crippen LogP contribution in [0.2, 0.25) is 0 Å². The van der Waals surface area contributed by atoms with Gasteiger partial charge in [0, 0.05) is 6.42 Å². The third kappa shape index (κ3) is 2.34. The molecule has 0 aliphatic rings. The Balaban J connectivity index is 2.24. The van der Waals surface area contributed by atoms with Crippen LogP contribution in [0.5, 0.6) is 0 Å². The monoisotopic (exact) mass is 216 g/mol. The third-order valence-corrected chi connectivity index (χ3v) is 2.77. The Morgan fingerprint density at radius 1 is 1.31 bits per heavy atom. The van der Waals surface area contributed by atoms with Gasteiger partial charge in [0.25, 0.3) is 0 Å². The highest BCUT2D eigenvalue weighted by molar-refractivity contribution is 5.28. The molecule has 0 saturated heterocycles. The van der Waals surface area contributed by atoms with Gasteiger partial charge in [-0.2, -0.15) is 0 Å². The zero-order valence-electron chi connectivity index (χ0n) is 9.60. The normalized spacial score (nSPS) is 14.7. The molecule has 2 nitrogen and oxygen atoms in total. The van der Waals surface area contributed by atoms with E-state index in [1.807, 2.05) is 44.2 Å². The maximum absolute atomic E-state index is 10.4. The van der Waals surface area contributed by atoms with Gasteiger partial charge in [0.15, 0.2) is 0 Å². The minimum atomic E-state index is -0.851. The first kappa shape index (κ1) is 11.0. The van der Waals surface area contributed by atoms with Gasteiger partial charge < -0.3 is 9.52 Å². The van der Waals surface area contributed by atoms with Gasteiger partial charge in [0.2, 0.25) is 0 Å². The van der Waals surface area contributed by atoms with E-state index in [0.717, 1.165) is 16.7 Å². The molecule has 0 radical (unpaired) electrons. The predicted molar refractivity (Wildman–Crippen MR) is 63.2 cm³/mol. The van der Waals surface area contributed by atoms with E-state index in [1.165, 1.54) is 0 Å². The van der Waals surface area contributed by atoms with E-state index in [4.69, 9.17) is 4.42 Å². The maximum atomic E-state index is 10.4. The van der Waals surface area contributed by atoms with Crippen LogP contribution in [0.15, 0.2) is 47.3 Å². The highest BCUT2D eigenvalue weighted by atomic mass is 16.3. The van der Waals surface area contributed by atoms with Crippen LogP contribution in [-0.4, -0.2) is 5.11 Å². The van der Waals surface area contributed by atoms with Crippen LogP contribution >= 0.6 is 0 Å². The van der Waals surface area contributed by atoms with Crippen LogP contribution in [0.4, 0.5) is 0 Å². The van der Waals surface area contributed by atoms with Crippen molar-refractivity contribution in [3.8, 4) is 0 Å². The quantitative estimate of drug-likeness (QED) is 0.855. The minimum Gasteiger partial charge on any atom is -0.472 e. The second-order valence-corrected chi connectivity index (χ2v) is 4.45. The Morgan fingerprint density at radius 3 is 2.75 bits per heavy atom.